The summed E-state index contributed by atoms with van der Waals surface area (Å²) in [6.45, 7) is 1.91. The van der Waals surface area contributed by atoms with E-state index in [1.807, 2.05) is 0 Å². The van der Waals surface area contributed by atoms with E-state index in [1.54, 1.807) is 23.8 Å². The zero-order chi connectivity index (χ0) is 16.8. The minimum Gasteiger partial charge on any atom is 0 e. The van der Waals surface area contributed by atoms with Crippen LogP contribution in [0.3, 0.4) is 0 Å². The molecule has 3 radical (unpaired) electrons. The first-order chi connectivity index (χ1) is 11.1. The maximum absolute atomic E-state index is 13.0. The number of halogens is 1. The Morgan fingerprint density at radius 3 is 2.35 bits per heavy atom. The molecule has 0 fully saturated rings. The van der Waals surface area contributed by atoms with Crippen molar-refractivity contribution in [3.05, 3.63) is 64.7 Å². The van der Waals surface area contributed by atoms with Crippen LogP contribution in [0.15, 0.2) is 36.4 Å². The third kappa shape index (κ3) is 7.26. The first-order valence-corrected chi connectivity index (χ1v) is 7.66. The summed E-state index contributed by atoms with van der Waals surface area (Å²) >= 11 is 2.26. The average Bonchev–Trinajstić information content (AvgIpc) is 2.97. The van der Waals surface area contributed by atoms with E-state index in [0.29, 0.717) is 11.3 Å². The van der Waals surface area contributed by atoms with Crippen LogP contribution in [0.5, 0.6) is 0 Å². The molecule has 0 aliphatic carbocycles. The molecule has 0 bridgehead atoms. The number of hydrogen-bond acceptors (Lipinski definition) is 3. The molecule has 0 saturated heterocycles. The SMILES string of the molecule is CCOC(=O)c1cc(C(=O)c2ccc(F)cc2)c(/C=C\[CH]=[V])[n-]1.[V].[V].[V]. The summed E-state index contributed by atoms with van der Waals surface area (Å²) in [6, 6.07) is 6.61. The van der Waals surface area contributed by atoms with Gasteiger partial charge in [0.2, 0.25) is 0 Å². The molecule has 1 heterocycles. The minimum absolute atomic E-state index is 0. The van der Waals surface area contributed by atoms with E-state index >= 15 is 0 Å². The Labute approximate surface area is 195 Å². The number of hydrogen-bond donors (Lipinski definition) is 0. The summed E-state index contributed by atoms with van der Waals surface area (Å²) in [6.07, 6.45) is 3.32. The fraction of sp³-hybridized carbons (Fsp3) is 0.118. The molecule has 26 heavy (non-hydrogen) atoms. The Morgan fingerprint density at radius 1 is 1.19 bits per heavy atom. The number of benzene rings is 1. The van der Waals surface area contributed by atoms with Crippen molar-refractivity contribution in [2.45, 2.75) is 6.92 Å². The van der Waals surface area contributed by atoms with Crippen molar-refractivity contribution in [1.29, 1.82) is 0 Å². The molecule has 0 unspecified atom stereocenters. The number of nitrogens with zero attached hydrogens (tertiary/aromatic N) is 1. The molecule has 0 spiro atoms. The number of aromatic nitrogens is 1. The van der Waals surface area contributed by atoms with E-state index in [4.69, 9.17) is 4.74 Å². The van der Waals surface area contributed by atoms with E-state index in [0.717, 1.165) is 0 Å². The molecule has 1 aromatic heterocycles. The molecular weight excluding hydrogens is 489 g/mol. The molecule has 1 aromatic carbocycles. The first kappa shape index (κ1) is 27.7. The number of carbonyl (C=O) groups excluding carboxylic acids is 2. The standard InChI is InChI=1S/C17H14FNO3.4V/c1-3-5-14-13(10-15(19-14)17(21)22-4-2)16(20)11-6-8-12(18)9-7-11;;;;/h1,3,5-10H,4H2,2H3,(H,19,20,21);;;;/p-1/b5-3-;;;;. The zero-order valence-electron chi connectivity index (χ0n) is 13.7. The molecule has 0 amide bonds. The molecule has 2 rings (SSSR count). The summed E-state index contributed by atoms with van der Waals surface area (Å²) in [5.41, 5.74) is 1.03. The predicted molar refractivity (Wildman–Crippen MR) is 80.6 cm³/mol. The summed E-state index contributed by atoms with van der Waals surface area (Å²) in [7, 11) is 0. The number of ether oxygens (including phenoxy) is 1. The summed E-state index contributed by atoms with van der Waals surface area (Å²) in [5, 5.41) is 0. The summed E-state index contributed by atoms with van der Waals surface area (Å²) < 4.78 is 19.6. The van der Waals surface area contributed by atoms with Crippen molar-refractivity contribution >= 4 is 22.6 Å². The van der Waals surface area contributed by atoms with Crippen molar-refractivity contribution in [2.75, 3.05) is 6.61 Å². The molecule has 0 atom stereocenters. The van der Waals surface area contributed by atoms with Gasteiger partial charge in [0, 0.05) is 55.7 Å². The monoisotopic (exact) mass is 502 g/mol. The van der Waals surface area contributed by atoms with Gasteiger partial charge >= 0.3 is 142 Å². The van der Waals surface area contributed by atoms with Crippen LogP contribution >= 0.6 is 0 Å². The number of esters is 1. The maximum Gasteiger partial charge on any atom is 0 e. The molecule has 0 aliphatic rings. The normalized spacial score (nSPS) is 9.42. The fourth-order valence-electron chi connectivity index (χ4n) is 1.94. The number of rotatable bonds is 6. The third-order valence-electron chi connectivity index (χ3n) is 2.97. The van der Waals surface area contributed by atoms with Crippen LogP contribution in [0.25, 0.3) is 6.08 Å². The van der Waals surface area contributed by atoms with Gasteiger partial charge in [-0.1, -0.05) is 0 Å². The zero-order valence-corrected chi connectivity index (χ0v) is 19.3. The Balaban J connectivity index is 0. The van der Waals surface area contributed by atoms with E-state index in [-0.39, 0.29) is 79.3 Å². The maximum atomic E-state index is 13.0. The van der Waals surface area contributed by atoms with E-state index in [2.05, 4.69) is 22.0 Å². The van der Waals surface area contributed by atoms with Crippen molar-refractivity contribution in [3.63, 3.8) is 0 Å². The number of allylic oxidation sites excluding steroid dienone is 1. The topological polar surface area (TPSA) is 57.5 Å². The Bertz CT molecular complexity index is 773. The smallest absolute Gasteiger partial charge is 0 e. The Morgan fingerprint density at radius 2 is 1.81 bits per heavy atom. The molecule has 9 heteroatoms. The van der Waals surface area contributed by atoms with Crippen molar-refractivity contribution in [1.82, 2.24) is 4.98 Å². The van der Waals surface area contributed by atoms with Gasteiger partial charge < -0.3 is 0 Å². The second kappa shape index (κ2) is 13.7. The van der Waals surface area contributed by atoms with Crippen LogP contribution in [0, 0.1) is 5.82 Å². The van der Waals surface area contributed by atoms with Crippen LogP contribution in [-0.4, -0.2) is 23.1 Å². The van der Waals surface area contributed by atoms with Crippen LogP contribution < -0.4 is 4.98 Å². The molecule has 0 N–H and O–H groups in total. The second-order valence-corrected chi connectivity index (χ2v) is 4.97. The van der Waals surface area contributed by atoms with Gasteiger partial charge in [-0.05, 0) is 0 Å². The van der Waals surface area contributed by atoms with Gasteiger partial charge in [0.05, 0.1) is 0 Å². The molecule has 4 nitrogen and oxygen atoms in total. The first-order valence-electron chi connectivity index (χ1n) is 6.86. The fourth-order valence-corrected chi connectivity index (χ4v) is 2.08. The van der Waals surface area contributed by atoms with Gasteiger partial charge in [0.1, 0.15) is 0 Å². The van der Waals surface area contributed by atoms with Crippen molar-refractivity contribution in [2.24, 2.45) is 0 Å². The predicted octanol–water partition coefficient (Wildman–Crippen LogP) is 2.55. The summed E-state index contributed by atoms with van der Waals surface area (Å²) in [4.78, 5) is 28.5. The van der Waals surface area contributed by atoms with Crippen LogP contribution in [0.1, 0.15) is 39.0 Å². The number of carbonyl (C=O) groups is 2. The van der Waals surface area contributed by atoms with Gasteiger partial charge in [-0.3, -0.25) is 0 Å². The molecule has 132 valence electrons. The van der Waals surface area contributed by atoms with Crippen LogP contribution in [-0.2, 0) is 77.4 Å². The van der Waals surface area contributed by atoms with Gasteiger partial charge in [-0.15, -0.1) is 0 Å². The second-order valence-electron chi connectivity index (χ2n) is 4.50. The summed E-state index contributed by atoms with van der Waals surface area (Å²) in [5.74, 6) is -1.34. The van der Waals surface area contributed by atoms with E-state index < -0.39 is 11.8 Å². The van der Waals surface area contributed by atoms with Gasteiger partial charge in [0.25, 0.3) is 0 Å². The minimum atomic E-state index is -0.587. The average molecular weight is 502 g/mol. The van der Waals surface area contributed by atoms with Crippen LogP contribution in [0.4, 0.5) is 4.39 Å². The largest absolute Gasteiger partial charge is 0 e. The van der Waals surface area contributed by atoms with Crippen molar-refractivity contribution in [3.8, 4) is 0 Å². The third-order valence-corrected chi connectivity index (χ3v) is 3.24. The van der Waals surface area contributed by atoms with E-state index in [1.165, 1.54) is 30.3 Å². The van der Waals surface area contributed by atoms with Crippen LogP contribution in [0.2, 0.25) is 0 Å². The molecular formula is C17H13FNO3V4-. The van der Waals surface area contributed by atoms with Crippen molar-refractivity contribution < 1.29 is 91.4 Å². The molecule has 0 aliphatic heterocycles. The molecule has 0 saturated carbocycles. The van der Waals surface area contributed by atoms with E-state index in [9.17, 15) is 14.0 Å². The number of ketones is 1. The quantitative estimate of drug-likeness (QED) is 0.451. The van der Waals surface area contributed by atoms with Gasteiger partial charge in [-0.2, -0.15) is 0 Å². The Kier molecular flexibility index (Phi) is 14.6. The molecule has 2 aromatic rings. The van der Waals surface area contributed by atoms with Gasteiger partial charge in [0.15, 0.2) is 0 Å². The Hall–Kier alpha value is -0.482. The van der Waals surface area contributed by atoms with Gasteiger partial charge in [-0.25, -0.2) is 0 Å².